The monoisotopic (exact) mass is 305 g/mol. The molecule has 17 heavy (non-hydrogen) atoms. The predicted octanol–water partition coefficient (Wildman–Crippen LogP) is 4.22. The summed E-state index contributed by atoms with van der Waals surface area (Å²) in [5, 5.41) is 0.968. The smallest absolute Gasteiger partial charge is 0.225 e. The molecule has 0 bridgehead atoms. The number of amides is 1. The van der Waals surface area contributed by atoms with Crippen molar-refractivity contribution in [3.8, 4) is 0 Å². The Kier molecular flexibility index (Phi) is 9.90. The van der Waals surface area contributed by atoms with Crippen LogP contribution in [0.15, 0.2) is 0 Å². The first-order valence-corrected chi connectivity index (χ1v) is 8.06. The second-order valence-electron chi connectivity index (χ2n) is 4.94. The highest BCUT2D eigenvalue weighted by Crippen LogP contribution is 2.18. The van der Waals surface area contributed by atoms with Gasteiger partial charge in [-0.15, -0.1) is 0 Å². The van der Waals surface area contributed by atoms with Gasteiger partial charge in [-0.05, 0) is 33.1 Å². The summed E-state index contributed by atoms with van der Waals surface area (Å²) in [6.45, 7) is 9.43. The third kappa shape index (κ3) is 6.44. The Hall–Kier alpha value is -0.0500. The number of rotatable bonds is 9. The van der Waals surface area contributed by atoms with E-state index in [9.17, 15) is 4.79 Å². The molecule has 0 aromatic heterocycles. The summed E-state index contributed by atoms with van der Waals surface area (Å²) in [5.41, 5.74) is 0. The van der Waals surface area contributed by atoms with Gasteiger partial charge >= 0.3 is 0 Å². The molecule has 0 saturated carbocycles. The van der Waals surface area contributed by atoms with Gasteiger partial charge in [0.1, 0.15) is 0 Å². The second kappa shape index (κ2) is 9.93. The Bertz CT molecular complexity index is 200. The van der Waals surface area contributed by atoms with Crippen molar-refractivity contribution < 1.29 is 4.79 Å². The molecule has 0 aliphatic carbocycles. The van der Waals surface area contributed by atoms with Gasteiger partial charge in [-0.2, -0.15) is 0 Å². The lowest BCUT2D eigenvalue weighted by atomic mass is 9.96. The molecular weight excluding hydrogens is 278 g/mol. The van der Waals surface area contributed by atoms with E-state index < -0.39 is 0 Å². The lowest BCUT2D eigenvalue weighted by molar-refractivity contribution is -0.137. The van der Waals surface area contributed by atoms with Gasteiger partial charge in [0.15, 0.2) is 0 Å². The fourth-order valence-corrected chi connectivity index (χ4v) is 2.43. The van der Waals surface area contributed by atoms with E-state index in [1.54, 1.807) is 0 Å². The molecule has 102 valence electrons. The summed E-state index contributed by atoms with van der Waals surface area (Å²) >= 11 is 3.44. The molecule has 0 saturated heterocycles. The maximum Gasteiger partial charge on any atom is 0.225 e. The molecule has 0 aromatic rings. The first kappa shape index (κ1) is 16.9. The Morgan fingerprint density at radius 3 is 2.06 bits per heavy atom. The average Bonchev–Trinajstić information content (AvgIpc) is 2.28. The van der Waals surface area contributed by atoms with E-state index >= 15 is 0 Å². The molecule has 2 nitrogen and oxygen atoms in total. The molecule has 1 amide bonds. The maximum atomic E-state index is 12.5. The van der Waals surface area contributed by atoms with Gasteiger partial charge in [-0.3, -0.25) is 4.79 Å². The highest BCUT2D eigenvalue weighted by atomic mass is 79.9. The molecule has 0 atom stereocenters. The summed E-state index contributed by atoms with van der Waals surface area (Å²) in [6, 6.07) is 0.317. The largest absolute Gasteiger partial charge is 0.340 e. The molecule has 0 N–H and O–H groups in total. The highest BCUT2D eigenvalue weighted by molar-refractivity contribution is 9.09. The Balaban J connectivity index is 4.52. The number of carbonyl (C=O) groups is 1. The van der Waals surface area contributed by atoms with Crippen LogP contribution in [-0.4, -0.2) is 28.7 Å². The number of carbonyl (C=O) groups excluding carboxylic acids is 1. The van der Waals surface area contributed by atoms with E-state index in [-0.39, 0.29) is 5.92 Å². The Morgan fingerprint density at radius 1 is 1.18 bits per heavy atom. The SMILES string of the molecule is CCCC(CCC)C(=O)N(CCCBr)C(C)C. The van der Waals surface area contributed by atoms with Crippen molar-refractivity contribution >= 4 is 21.8 Å². The van der Waals surface area contributed by atoms with Gasteiger partial charge in [0, 0.05) is 23.8 Å². The standard InChI is InChI=1S/C14H28BrNO/c1-5-8-13(9-6-2)14(17)16(12(3)4)11-7-10-15/h12-13H,5-11H2,1-4H3. The van der Waals surface area contributed by atoms with Crippen LogP contribution in [0, 0.1) is 5.92 Å². The van der Waals surface area contributed by atoms with E-state index in [1.807, 2.05) is 0 Å². The van der Waals surface area contributed by atoms with E-state index in [1.165, 1.54) is 0 Å². The number of halogens is 1. The number of hydrogen-bond acceptors (Lipinski definition) is 1. The van der Waals surface area contributed by atoms with Gasteiger partial charge < -0.3 is 4.90 Å². The van der Waals surface area contributed by atoms with Crippen molar-refractivity contribution in [3.05, 3.63) is 0 Å². The molecule has 0 spiro atoms. The molecule has 0 fully saturated rings. The molecule has 0 rings (SSSR count). The maximum absolute atomic E-state index is 12.5. The van der Waals surface area contributed by atoms with E-state index in [0.29, 0.717) is 11.9 Å². The minimum absolute atomic E-state index is 0.239. The van der Waals surface area contributed by atoms with Gasteiger partial charge in [0.2, 0.25) is 5.91 Å². The minimum Gasteiger partial charge on any atom is -0.340 e. The van der Waals surface area contributed by atoms with Crippen LogP contribution >= 0.6 is 15.9 Å². The van der Waals surface area contributed by atoms with Crippen LogP contribution < -0.4 is 0 Å². The third-order valence-electron chi connectivity index (χ3n) is 3.06. The Morgan fingerprint density at radius 2 is 1.71 bits per heavy atom. The van der Waals surface area contributed by atoms with Crippen LogP contribution in [0.25, 0.3) is 0 Å². The third-order valence-corrected chi connectivity index (χ3v) is 3.62. The normalized spacial score (nSPS) is 11.2. The van der Waals surface area contributed by atoms with Gasteiger partial charge in [0.05, 0.1) is 0 Å². The van der Waals surface area contributed by atoms with Crippen LogP contribution in [0.4, 0.5) is 0 Å². The lowest BCUT2D eigenvalue weighted by Gasteiger charge is -2.30. The number of nitrogens with zero attached hydrogens (tertiary/aromatic N) is 1. The van der Waals surface area contributed by atoms with E-state index in [0.717, 1.165) is 44.0 Å². The lowest BCUT2D eigenvalue weighted by Crippen LogP contribution is -2.41. The minimum atomic E-state index is 0.239. The Labute approximate surface area is 115 Å². The van der Waals surface area contributed by atoms with E-state index in [4.69, 9.17) is 0 Å². The van der Waals surface area contributed by atoms with Crippen molar-refractivity contribution in [1.82, 2.24) is 4.90 Å². The molecule has 3 heteroatoms. The van der Waals surface area contributed by atoms with Crippen molar-refractivity contribution in [1.29, 1.82) is 0 Å². The summed E-state index contributed by atoms with van der Waals surface area (Å²) in [7, 11) is 0. The molecule has 0 aliphatic rings. The van der Waals surface area contributed by atoms with Crippen LogP contribution in [0.5, 0.6) is 0 Å². The van der Waals surface area contributed by atoms with Gasteiger partial charge in [-0.25, -0.2) is 0 Å². The summed E-state index contributed by atoms with van der Waals surface area (Å²) in [5.74, 6) is 0.604. The summed E-state index contributed by atoms with van der Waals surface area (Å²) in [4.78, 5) is 14.5. The zero-order valence-electron chi connectivity index (χ0n) is 11.8. The predicted molar refractivity (Wildman–Crippen MR) is 78.6 cm³/mol. The molecule has 0 heterocycles. The first-order valence-electron chi connectivity index (χ1n) is 6.94. The van der Waals surface area contributed by atoms with Crippen molar-refractivity contribution in [2.24, 2.45) is 5.92 Å². The zero-order chi connectivity index (χ0) is 13.3. The number of hydrogen-bond donors (Lipinski definition) is 0. The van der Waals surface area contributed by atoms with E-state index in [2.05, 4.69) is 48.5 Å². The summed E-state index contributed by atoms with van der Waals surface area (Å²) in [6.07, 6.45) is 5.30. The van der Waals surface area contributed by atoms with Gasteiger partial charge in [-0.1, -0.05) is 42.6 Å². The fourth-order valence-electron chi connectivity index (χ4n) is 2.18. The molecular formula is C14H28BrNO. The van der Waals surface area contributed by atoms with Crippen LogP contribution in [0.2, 0.25) is 0 Å². The van der Waals surface area contributed by atoms with Crippen molar-refractivity contribution in [3.63, 3.8) is 0 Å². The van der Waals surface area contributed by atoms with Gasteiger partial charge in [0.25, 0.3) is 0 Å². The van der Waals surface area contributed by atoms with Crippen molar-refractivity contribution in [2.75, 3.05) is 11.9 Å². The fraction of sp³-hybridized carbons (Fsp3) is 0.929. The van der Waals surface area contributed by atoms with Crippen LogP contribution in [-0.2, 0) is 4.79 Å². The topological polar surface area (TPSA) is 20.3 Å². The summed E-state index contributed by atoms with van der Waals surface area (Å²) < 4.78 is 0. The second-order valence-corrected chi connectivity index (χ2v) is 5.74. The van der Waals surface area contributed by atoms with Crippen molar-refractivity contribution in [2.45, 2.75) is 65.8 Å². The quantitative estimate of drug-likeness (QED) is 0.584. The molecule has 0 aliphatic heterocycles. The first-order chi connectivity index (χ1) is 8.08. The molecule has 0 aromatic carbocycles. The van der Waals surface area contributed by atoms with Crippen LogP contribution in [0.1, 0.15) is 59.8 Å². The number of alkyl halides is 1. The highest BCUT2D eigenvalue weighted by Gasteiger charge is 2.24. The zero-order valence-corrected chi connectivity index (χ0v) is 13.4. The van der Waals surface area contributed by atoms with Crippen LogP contribution in [0.3, 0.4) is 0 Å². The molecule has 0 unspecified atom stereocenters. The molecule has 0 radical (unpaired) electrons. The average molecular weight is 306 g/mol.